The van der Waals surface area contributed by atoms with Gasteiger partial charge in [-0.2, -0.15) is 4.98 Å². The quantitative estimate of drug-likeness (QED) is 0.388. The zero-order valence-corrected chi connectivity index (χ0v) is 22.0. The second kappa shape index (κ2) is 10.2. The van der Waals surface area contributed by atoms with E-state index in [0.29, 0.717) is 36.9 Å². The van der Waals surface area contributed by atoms with Crippen molar-refractivity contribution in [3.63, 3.8) is 0 Å². The first kappa shape index (κ1) is 24.6. The van der Waals surface area contributed by atoms with Gasteiger partial charge in [0.25, 0.3) is 0 Å². The Morgan fingerprint density at radius 1 is 1.00 bits per heavy atom. The summed E-state index contributed by atoms with van der Waals surface area (Å²) in [5, 5.41) is 15.6. The lowest BCUT2D eigenvalue weighted by atomic mass is 10.1. The fourth-order valence-electron chi connectivity index (χ4n) is 5.27. The first-order valence-corrected chi connectivity index (χ1v) is 13.2. The normalized spacial score (nSPS) is 19.4. The van der Waals surface area contributed by atoms with Crippen LogP contribution in [0.25, 0.3) is 11.4 Å². The van der Waals surface area contributed by atoms with Crippen LogP contribution in [0.3, 0.4) is 0 Å². The molecule has 0 bridgehead atoms. The average molecular weight is 534 g/mol. The van der Waals surface area contributed by atoms with E-state index in [4.69, 9.17) is 16.6 Å². The van der Waals surface area contributed by atoms with Gasteiger partial charge in [0.2, 0.25) is 5.95 Å². The standard InChI is InChI=1S/C27H29ClFN9/c1-17-14-30-15-18(2)38(17)21-6-4-20(5-7-21)32-27-31-10-9-24(33-27)36-11-12-37-25(16-36)34-35-26(37)19-3-8-23(29)22(28)13-19/h3-10,13,17-18,30H,11-12,14-16H2,1-2H3,(H,31,32,33). The molecule has 4 heterocycles. The summed E-state index contributed by atoms with van der Waals surface area (Å²) in [5.41, 5.74) is 2.89. The van der Waals surface area contributed by atoms with Gasteiger partial charge in [-0.25, -0.2) is 9.37 Å². The van der Waals surface area contributed by atoms with Gasteiger partial charge in [-0.05, 0) is 62.4 Å². The van der Waals surface area contributed by atoms with Gasteiger partial charge in [0, 0.05) is 61.4 Å². The maximum Gasteiger partial charge on any atom is 0.229 e. The molecule has 0 aliphatic carbocycles. The topological polar surface area (TPSA) is 87.0 Å². The van der Waals surface area contributed by atoms with Gasteiger partial charge in [0.05, 0.1) is 11.6 Å². The third-order valence-corrected chi connectivity index (χ3v) is 7.44. The average Bonchev–Trinajstić information content (AvgIpc) is 3.35. The number of piperazine rings is 1. The van der Waals surface area contributed by atoms with Crippen molar-refractivity contribution >= 4 is 34.7 Å². The van der Waals surface area contributed by atoms with E-state index < -0.39 is 5.82 Å². The first-order valence-electron chi connectivity index (χ1n) is 12.8. The van der Waals surface area contributed by atoms with Gasteiger partial charge in [-0.1, -0.05) is 11.6 Å². The summed E-state index contributed by atoms with van der Waals surface area (Å²) >= 11 is 5.98. The van der Waals surface area contributed by atoms with Crippen LogP contribution in [0.15, 0.2) is 54.7 Å². The molecule has 2 aromatic heterocycles. The molecule has 0 saturated carbocycles. The Balaban J connectivity index is 1.15. The Morgan fingerprint density at radius 2 is 1.79 bits per heavy atom. The third kappa shape index (κ3) is 4.77. The van der Waals surface area contributed by atoms with Gasteiger partial charge >= 0.3 is 0 Å². The van der Waals surface area contributed by atoms with Crippen molar-refractivity contribution in [3.05, 3.63) is 71.4 Å². The molecule has 0 amide bonds. The fourth-order valence-corrected chi connectivity index (χ4v) is 5.46. The van der Waals surface area contributed by atoms with E-state index in [9.17, 15) is 4.39 Å². The number of nitrogens with one attached hydrogen (secondary N) is 2. The van der Waals surface area contributed by atoms with Crippen LogP contribution >= 0.6 is 11.6 Å². The monoisotopic (exact) mass is 533 g/mol. The minimum Gasteiger partial charge on any atom is -0.364 e. The Hall–Kier alpha value is -3.76. The van der Waals surface area contributed by atoms with Crippen molar-refractivity contribution < 1.29 is 4.39 Å². The summed E-state index contributed by atoms with van der Waals surface area (Å²) in [7, 11) is 0. The molecule has 0 spiro atoms. The summed E-state index contributed by atoms with van der Waals surface area (Å²) in [6.07, 6.45) is 1.76. The van der Waals surface area contributed by atoms with E-state index in [1.54, 1.807) is 18.3 Å². The molecule has 2 atom stereocenters. The van der Waals surface area contributed by atoms with Gasteiger partial charge < -0.3 is 25.0 Å². The van der Waals surface area contributed by atoms with Crippen molar-refractivity contribution in [1.29, 1.82) is 0 Å². The van der Waals surface area contributed by atoms with Gasteiger partial charge in [-0.15, -0.1) is 10.2 Å². The van der Waals surface area contributed by atoms with Crippen molar-refractivity contribution in [2.75, 3.05) is 34.8 Å². The molecule has 38 heavy (non-hydrogen) atoms. The molecule has 196 valence electrons. The highest BCUT2D eigenvalue weighted by Crippen LogP contribution is 2.28. The number of benzene rings is 2. The summed E-state index contributed by atoms with van der Waals surface area (Å²) in [4.78, 5) is 13.8. The number of nitrogens with zero attached hydrogens (tertiary/aromatic N) is 7. The molecule has 1 fully saturated rings. The molecule has 0 radical (unpaired) electrons. The number of hydrogen-bond acceptors (Lipinski definition) is 8. The molecular weight excluding hydrogens is 505 g/mol. The van der Waals surface area contributed by atoms with E-state index in [-0.39, 0.29) is 5.02 Å². The molecule has 6 rings (SSSR count). The van der Waals surface area contributed by atoms with Gasteiger partial charge in [-0.3, -0.25) is 0 Å². The maximum atomic E-state index is 13.6. The molecule has 9 nitrogen and oxygen atoms in total. The summed E-state index contributed by atoms with van der Waals surface area (Å²) < 4.78 is 15.7. The van der Waals surface area contributed by atoms with Crippen LogP contribution in [-0.2, 0) is 13.1 Å². The lowest BCUT2D eigenvalue weighted by Crippen LogP contribution is -2.55. The molecule has 2 N–H and O–H groups in total. The van der Waals surface area contributed by atoms with Crippen LogP contribution in [-0.4, -0.2) is 56.5 Å². The van der Waals surface area contributed by atoms with Crippen LogP contribution in [0.4, 0.5) is 27.5 Å². The predicted octanol–water partition coefficient (Wildman–Crippen LogP) is 4.48. The van der Waals surface area contributed by atoms with E-state index >= 15 is 0 Å². The highest BCUT2D eigenvalue weighted by molar-refractivity contribution is 6.31. The smallest absolute Gasteiger partial charge is 0.229 e. The van der Waals surface area contributed by atoms with Crippen molar-refractivity contribution in [1.82, 2.24) is 30.0 Å². The van der Waals surface area contributed by atoms with Crippen LogP contribution in [0.2, 0.25) is 5.02 Å². The van der Waals surface area contributed by atoms with E-state index in [1.807, 2.05) is 10.6 Å². The molecular formula is C27H29ClFN9. The molecule has 2 aliphatic heterocycles. The highest BCUT2D eigenvalue weighted by Gasteiger charge is 2.25. The van der Waals surface area contributed by atoms with Crippen LogP contribution in [0, 0.1) is 5.82 Å². The van der Waals surface area contributed by atoms with Crippen molar-refractivity contribution in [3.8, 4) is 11.4 Å². The van der Waals surface area contributed by atoms with E-state index in [1.165, 1.54) is 11.8 Å². The van der Waals surface area contributed by atoms with Crippen molar-refractivity contribution in [2.24, 2.45) is 0 Å². The number of aromatic nitrogens is 5. The van der Waals surface area contributed by atoms with Gasteiger partial charge in [0.15, 0.2) is 11.6 Å². The van der Waals surface area contributed by atoms with Crippen LogP contribution in [0.1, 0.15) is 19.7 Å². The predicted molar refractivity (Wildman–Crippen MR) is 148 cm³/mol. The number of fused-ring (bicyclic) bond motifs is 1. The van der Waals surface area contributed by atoms with E-state index in [2.05, 4.69) is 73.7 Å². The fraction of sp³-hybridized carbons (Fsp3) is 0.333. The zero-order chi connectivity index (χ0) is 26.2. The highest BCUT2D eigenvalue weighted by atomic mass is 35.5. The summed E-state index contributed by atoms with van der Waals surface area (Å²) in [6.45, 7) is 8.41. The SMILES string of the molecule is CC1CNCC(C)N1c1ccc(Nc2nccc(N3CCn4c(nnc4-c4ccc(F)c(Cl)c4)C3)n2)cc1. The molecule has 2 aliphatic rings. The first-order chi connectivity index (χ1) is 18.5. The second-order valence-corrected chi connectivity index (χ2v) is 10.2. The Kier molecular flexibility index (Phi) is 6.59. The van der Waals surface area contributed by atoms with E-state index in [0.717, 1.165) is 42.5 Å². The maximum absolute atomic E-state index is 13.6. The van der Waals surface area contributed by atoms with Gasteiger partial charge in [0.1, 0.15) is 11.6 Å². The Bertz CT molecular complexity index is 1430. The largest absolute Gasteiger partial charge is 0.364 e. The second-order valence-electron chi connectivity index (χ2n) is 9.82. The molecule has 1 saturated heterocycles. The number of halogens is 2. The third-order valence-electron chi connectivity index (χ3n) is 7.15. The Labute approximate surface area is 225 Å². The summed E-state index contributed by atoms with van der Waals surface area (Å²) in [6, 6.07) is 15.8. The number of rotatable bonds is 5. The minimum atomic E-state index is -0.451. The number of anilines is 4. The zero-order valence-electron chi connectivity index (χ0n) is 21.3. The molecule has 4 aromatic rings. The molecule has 2 unspecified atom stereocenters. The lowest BCUT2D eigenvalue weighted by Gasteiger charge is -2.41. The number of hydrogen-bond donors (Lipinski definition) is 2. The lowest BCUT2D eigenvalue weighted by molar-refractivity contribution is 0.432. The molecule has 2 aromatic carbocycles. The Morgan fingerprint density at radius 3 is 2.55 bits per heavy atom. The minimum absolute atomic E-state index is 0.0702. The molecule has 11 heteroatoms. The van der Waals surface area contributed by atoms with Crippen LogP contribution in [0.5, 0.6) is 0 Å². The van der Waals surface area contributed by atoms with Crippen molar-refractivity contribution in [2.45, 2.75) is 39.0 Å². The summed E-state index contributed by atoms with van der Waals surface area (Å²) in [5.74, 6) is 2.38. The van der Waals surface area contributed by atoms with Crippen LogP contribution < -0.4 is 20.4 Å².